The molecule has 0 aromatic heterocycles. The number of carbonyl (C=O) groups is 1. The summed E-state index contributed by atoms with van der Waals surface area (Å²) in [6, 6.07) is 0. The first-order valence-corrected chi connectivity index (χ1v) is 0.651. The summed E-state index contributed by atoms with van der Waals surface area (Å²) < 4.78 is 0. The van der Waals surface area contributed by atoms with Crippen LogP contribution in [0.1, 0.15) is 1.43 Å². The Balaban J connectivity index is -0.00000000450. The van der Waals surface area contributed by atoms with E-state index in [0.29, 0.717) is 0 Å². The number of hydrogen-bond donors (Lipinski definition) is 2. The van der Waals surface area contributed by atoms with Gasteiger partial charge in [-0.1, -0.05) is 0 Å². The molecule has 0 unspecified atom stereocenters. The van der Waals surface area contributed by atoms with E-state index in [1.54, 1.807) is 0 Å². The third-order valence-corrected chi connectivity index (χ3v) is 0. The van der Waals surface area contributed by atoms with Crippen molar-refractivity contribution in [1.82, 2.24) is 0 Å². The van der Waals surface area contributed by atoms with Crippen LogP contribution in [0.15, 0.2) is 0 Å². The minimum absolute atomic E-state index is 0. The first-order chi connectivity index (χ1) is 1.73. The molecule has 0 radical (unpaired) electrons. The smallest absolute Gasteiger partial charge is 1.00 e. The molecule has 0 saturated heterocycles. The fourth-order valence-corrected chi connectivity index (χ4v) is 0. The van der Waals surface area contributed by atoms with E-state index in [2.05, 4.69) is 0 Å². The molecule has 0 aliphatic rings. The van der Waals surface area contributed by atoms with Crippen molar-refractivity contribution in [3.63, 3.8) is 0 Å². The van der Waals surface area contributed by atoms with Crippen LogP contribution < -0.4 is 51.4 Å². The molecule has 8 heavy (non-hydrogen) atoms. The van der Waals surface area contributed by atoms with E-state index >= 15 is 0 Å². The second-order valence-electron chi connectivity index (χ2n) is 0.283. The average molecular weight is 156 g/mol. The first-order valence-electron chi connectivity index (χ1n) is 0.651. The van der Waals surface area contributed by atoms with Crippen LogP contribution in [0, 0.1) is 0 Å². The van der Waals surface area contributed by atoms with Crippen LogP contribution in [0.3, 0.4) is 0 Å². The molecule has 0 aromatic carbocycles. The third-order valence-electron chi connectivity index (χ3n) is 0. The van der Waals surface area contributed by atoms with E-state index in [-0.39, 0.29) is 69.2 Å². The Labute approximate surface area is 89.3 Å². The molecule has 0 heterocycles. The standard InChI is InChI=1S/CH2O3.K.3H2O.H/c2-1(3)4;;;;;/h(H2,2,3,4);;3*1H2;/q;+1;;;;-1. The third kappa shape index (κ3) is 367. The maximum Gasteiger partial charge on any atom is 1.00 e. The van der Waals surface area contributed by atoms with Gasteiger partial charge < -0.3 is 28.1 Å². The van der Waals surface area contributed by atoms with Gasteiger partial charge in [0.25, 0.3) is 0 Å². The zero-order valence-corrected chi connectivity index (χ0v) is 7.43. The largest absolute Gasteiger partial charge is 1.00 e. The number of rotatable bonds is 0. The van der Waals surface area contributed by atoms with Crippen LogP contribution in [-0.4, -0.2) is 32.8 Å². The topological polar surface area (TPSA) is 152 Å². The van der Waals surface area contributed by atoms with Crippen molar-refractivity contribution >= 4 is 6.16 Å². The molecule has 6 nitrogen and oxygen atoms in total. The normalized spacial score (nSPS) is 3.00. The molecule has 7 heteroatoms. The molecule has 0 aliphatic carbocycles. The van der Waals surface area contributed by atoms with Crippen molar-refractivity contribution in [2.24, 2.45) is 0 Å². The van der Waals surface area contributed by atoms with E-state index < -0.39 is 6.16 Å². The second-order valence-corrected chi connectivity index (χ2v) is 0.283. The van der Waals surface area contributed by atoms with Crippen molar-refractivity contribution in [2.75, 3.05) is 0 Å². The van der Waals surface area contributed by atoms with Crippen molar-refractivity contribution < 1.29 is 84.2 Å². The zero-order valence-electron chi connectivity index (χ0n) is 5.30. The summed E-state index contributed by atoms with van der Waals surface area (Å²) in [5.41, 5.74) is 0. The van der Waals surface area contributed by atoms with E-state index in [4.69, 9.17) is 15.0 Å². The van der Waals surface area contributed by atoms with Crippen LogP contribution in [0.5, 0.6) is 0 Å². The first kappa shape index (κ1) is 37.2. The monoisotopic (exact) mass is 156 g/mol. The van der Waals surface area contributed by atoms with Crippen molar-refractivity contribution in [3.8, 4) is 0 Å². The van der Waals surface area contributed by atoms with Crippen molar-refractivity contribution in [3.05, 3.63) is 0 Å². The number of carboxylic acid groups (broad SMARTS) is 2. The summed E-state index contributed by atoms with van der Waals surface area (Å²) in [7, 11) is 0. The molecule has 0 saturated carbocycles. The molecule has 0 atom stereocenters. The van der Waals surface area contributed by atoms with Gasteiger partial charge in [0.2, 0.25) is 0 Å². The van der Waals surface area contributed by atoms with Gasteiger partial charge in [0.1, 0.15) is 0 Å². The molecular weight excluding hydrogens is 147 g/mol. The predicted octanol–water partition coefficient (Wildman–Crippen LogP) is -5.14. The summed E-state index contributed by atoms with van der Waals surface area (Å²) in [5, 5.41) is 13.9. The molecule has 0 aliphatic heterocycles. The van der Waals surface area contributed by atoms with Gasteiger partial charge in [0, 0.05) is 0 Å². The van der Waals surface area contributed by atoms with Gasteiger partial charge in [-0.15, -0.1) is 0 Å². The van der Waals surface area contributed by atoms with Crippen LogP contribution in [0.4, 0.5) is 4.79 Å². The fourth-order valence-electron chi connectivity index (χ4n) is 0. The summed E-state index contributed by atoms with van der Waals surface area (Å²) in [6.45, 7) is 0. The van der Waals surface area contributed by atoms with Gasteiger partial charge in [-0.05, 0) is 0 Å². The SMILES string of the molecule is O.O.O.O=C(O)O.[H-].[K+]. The van der Waals surface area contributed by atoms with Crippen molar-refractivity contribution in [1.29, 1.82) is 0 Å². The Morgan fingerprint density at radius 1 is 1.12 bits per heavy atom. The van der Waals surface area contributed by atoms with Crippen LogP contribution in [0.25, 0.3) is 0 Å². The van der Waals surface area contributed by atoms with Gasteiger partial charge >= 0.3 is 57.5 Å². The minimum atomic E-state index is -1.83. The van der Waals surface area contributed by atoms with Crippen molar-refractivity contribution in [2.45, 2.75) is 0 Å². The second kappa shape index (κ2) is 25.0. The Hall–Kier alpha value is 0.786. The maximum absolute atomic E-state index is 8.56. The van der Waals surface area contributed by atoms with Crippen LogP contribution in [-0.2, 0) is 0 Å². The summed E-state index contributed by atoms with van der Waals surface area (Å²) in [6.07, 6.45) is -1.83. The van der Waals surface area contributed by atoms with E-state index in [9.17, 15) is 0 Å². The predicted molar refractivity (Wildman–Crippen MR) is 22.6 cm³/mol. The molecule has 0 rings (SSSR count). The van der Waals surface area contributed by atoms with Gasteiger partial charge in [0.05, 0.1) is 0 Å². The van der Waals surface area contributed by atoms with Crippen LogP contribution >= 0.6 is 0 Å². The van der Waals surface area contributed by atoms with Gasteiger partial charge in [0.15, 0.2) is 0 Å². The molecular formula is CH9KO6. The van der Waals surface area contributed by atoms with E-state index in [1.807, 2.05) is 0 Å². The molecule has 0 fully saturated rings. The molecule has 0 spiro atoms. The van der Waals surface area contributed by atoms with Gasteiger partial charge in [-0.25, -0.2) is 4.79 Å². The van der Waals surface area contributed by atoms with Gasteiger partial charge in [-0.3, -0.25) is 0 Å². The molecule has 50 valence electrons. The zero-order chi connectivity index (χ0) is 3.58. The molecule has 0 bridgehead atoms. The minimum Gasteiger partial charge on any atom is -1.00 e. The molecule has 8 N–H and O–H groups in total. The molecule has 0 amide bonds. The summed E-state index contributed by atoms with van der Waals surface area (Å²) in [5.74, 6) is 0. The Bertz CT molecular complexity index is 36.0. The van der Waals surface area contributed by atoms with E-state index in [1.165, 1.54) is 0 Å². The van der Waals surface area contributed by atoms with Crippen LogP contribution in [0.2, 0.25) is 0 Å². The van der Waals surface area contributed by atoms with Gasteiger partial charge in [-0.2, -0.15) is 0 Å². The Morgan fingerprint density at radius 3 is 1.12 bits per heavy atom. The molecule has 0 aromatic rings. The van der Waals surface area contributed by atoms with E-state index in [0.717, 1.165) is 0 Å². The quantitative estimate of drug-likeness (QED) is 0.337. The summed E-state index contributed by atoms with van der Waals surface area (Å²) in [4.78, 5) is 8.56. The summed E-state index contributed by atoms with van der Waals surface area (Å²) >= 11 is 0. The Morgan fingerprint density at radius 2 is 1.12 bits per heavy atom. The average Bonchev–Trinajstić information content (AvgIpc) is 0.811. The fraction of sp³-hybridized carbons (Fsp3) is 0. The number of hydrogen-bond acceptors (Lipinski definition) is 1. The maximum atomic E-state index is 8.56. The Kier molecular flexibility index (Phi) is 116.